The number of nitrogens with one attached hydrogen (secondary N) is 2. The standard InChI is InChI=1S/C24H18N4O4S3/c1-32-15-10-12-16(13-11-15)35(30,31)28-18-7-3-2-6-17(18)22(29)27-24-26-20(14-33-24)23-25-19-8-4-5-9-21(19)34-23/h2-14,28H,1H3,(H,26,27,29). The average molecular weight is 523 g/mol. The number of nitrogens with zero attached hydrogens (tertiary/aromatic N) is 2. The summed E-state index contributed by atoms with van der Waals surface area (Å²) in [7, 11) is -2.42. The van der Waals surface area contributed by atoms with Crippen LogP contribution in [0.1, 0.15) is 10.4 Å². The Labute approximate surface area is 209 Å². The number of benzene rings is 3. The van der Waals surface area contributed by atoms with Gasteiger partial charge in [-0.1, -0.05) is 24.3 Å². The van der Waals surface area contributed by atoms with E-state index in [9.17, 15) is 13.2 Å². The van der Waals surface area contributed by atoms with Crippen LogP contribution < -0.4 is 14.8 Å². The Bertz CT molecular complexity index is 1590. The molecule has 0 aliphatic rings. The molecule has 176 valence electrons. The van der Waals surface area contributed by atoms with Crippen molar-refractivity contribution in [1.29, 1.82) is 0 Å². The minimum absolute atomic E-state index is 0.0499. The van der Waals surface area contributed by atoms with Gasteiger partial charge in [-0.3, -0.25) is 14.8 Å². The highest BCUT2D eigenvalue weighted by Gasteiger charge is 2.20. The number of carbonyl (C=O) groups is 1. The summed E-state index contributed by atoms with van der Waals surface area (Å²) in [5.41, 5.74) is 1.88. The Hall–Kier alpha value is -3.80. The fourth-order valence-corrected chi connectivity index (χ4v) is 6.08. The van der Waals surface area contributed by atoms with Crippen LogP contribution in [0.5, 0.6) is 5.75 Å². The normalized spacial score (nSPS) is 11.3. The van der Waals surface area contributed by atoms with Crippen LogP contribution in [0, 0.1) is 0 Å². The fraction of sp³-hybridized carbons (Fsp3) is 0.0417. The van der Waals surface area contributed by atoms with E-state index in [-0.39, 0.29) is 16.1 Å². The molecule has 0 atom stereocenters. The van der Waals surface area contributed by atoms with Crippen LogP contribution in [0.2, 0.25) is 0 Å². The lowest BCUT2D eigenvalue weighted by Crippen LogP contribution is -2.18. The topological polar surface area (TPSA) is 110 Å². The molecule has 0 fully saturated rings. The number of sulfonamides is 1. The van der Waals surface area contributed by atoms with Crippen LogP contribution in [0.3, 0.4) is 0 Å². The van der Waals surface area contributed by atoms with Crippen molar-refractivity contribution in [2.75, 3.05) is 17.1 Å². The first-order valence-electron chi connectivity index (χ1n) is 10.3. The molecule has 2 heterocycles. The zero-order chi connectivity index (χ0) is 24.4. The minimum Gasteiger partial charge on any atom is -0.497 e. The van der Waals surface area contributed by atoms with Gasteiger partial charge in [0.1, 0.15) is 16.5 Å². The number of hydrogen-bond donors (Lipinski definition) is 2. The summed E-state index contributed by atoms with van der Waals surface area (Å²) < 4.78 is 34.4. The lowest BCUT2D eigenvalue weighted by molar-refractivity contribution is 0.102. The molecule has 0 unspecified atom stereocenters. The van der Waals surface area contributed by atoms with E-state index in [1.807, 2.05) is 29.6 Å². The molecule has 3 aromatic carbocycles. The van der Waals surface area contributed by atoms with Gasteiger partial charge in [-0.05, 0) is 48.5 Å². The van der Waals surface area contributed by atoms with E-state index in [0.717, 1.165) is 15.2 Å². The summed E-state index contributed by atoms with van der Waals surface area (Å²) in [4.78, 5) is 22.2. The number of anilines is 2. The first-order chi connectivity index (χ1) is 16.9. The van der Waals surface area contributed by atoms with Crippen LogP contribution in [0.4, 0.5) is 10.8 Å². The maximum atomic E-state index is 13.0. The molecule has 0 saturated carbocycles. The number of thiazole rings is 2. The van der Waals surface area contributed by atoms with Gasteiger partial charge < -0.3 is 4.74 Å². The van der Waals surface area contributed by atoms with Crippen LogP contribution >= 0.6 is 22.7 Å². The van der Waals surface area contributed by atoms with Gasteiger partial charge in [0.05, 0.1) is 33.5 Å². The molecule has 0 bridgehead atoms. The molecule has 35 heavy (non-hydrogen) atoms. The first kappa shape index (κ1) is 23.0. The van der Waals surface area contributed by atoms with Gasteiger partial charge in [0.15, 0.2) is 5.13 Å². The van der Waals surface area contributed by atoms with Gasteiger partial charge in [0.25, 0.3) is 15.9 Å². The summed E-state index contributed by atoms with van der Waals surface area (Å²) >= 11 is 2.79. The maximum Gasteiger partial charge on any atom is 0.261 e. The highest BCUT2D eigenvalue weighted by Crippen LogP contribution is 2.32. The molecular weight excluding hydrogens is 504 g/mol. The lowest BCUT2D eigenvalue weighted by atomic mass is 10.2. The molecule has 0 aliphatic carbocycles. The lowest BCUT2D eigenvalue weighted by Gasteiger charge is -2.12. The number of rotatable bonds is 7. The Morgan fingerprint density at radius 3 is 2.46 bits per heavy atom. The Morgan fingerprint density at radius 1 is 0.943 bits per heavy atom. The van der Waals surface area contributed by atoms with E-state index in [4.69, 9.17) is 4.74 Å². The second kappa shape index (κ2) is 9.45. The molecule has 0 aliphatic heterocycles. The maximum absolute atomic E-state index is 13.0. The minimum atomic E-state index is -3.92. The fourth-order valence-electron chi connectivity index (χ4n) is 3.30. The van der Waals surface area contributed by atoms with Crippen molar-refractivity contribution in [3.8, 4) is 16.5 Å². The zero-order valence-corrected chi connectivity index (χ0v) is 20.7. The molecule has 0 saturated heterocycles. The summed E-state index contributed by atoms with van der Waals surface area (Å²) in [6.45, 7) is 0. The molecule has 2 aromatic heterocycles. The summed E-state index contributed by atoms with van der Waals surface area (Å²) in [5.74, 6) is 0.0561. The van der Waals surface area contributed by atoms with Gasteiger partial charge in [0, 0.05) is 5.38 Å². The zero-order valence-electron chi connectivity index (χ0n) is 18.3. The molecule has 2 N–H and O–H groups in total. The van der Waals surface area contributed by atoms with E-state index in [1.54, 1.807) is 30.3 Å². The number of amides is 1. The Balaban J connectivity index is 1.35. The van der Waals surface area contributed by atoms with E-state index < -0.39 is 15.9 Å². The number of fused-ring (bicyclic) bond motifs is 1. The number of carbonyl (C=O) groups excluding carboxylic acids is 1. The smallest absolute Gasteiger partial charge is 0.261 e. The number of methoxy groups -OCH3 is 1. The van der Waals surface area contributed by atoms with Gasteiger partial charge in [0.2, 0.25) is 0 Å². The average Bonchev–Trinajstić information content (AvgIpc) is 3.51. The van der Waals surface area contributed by atoms with E-state index in [2.05, 4.69) is 20.0 Å². The SMILES string of the molecule is COc1ccc(S(=O)(=O)Nc2ccccc2C(=O)Nc2nc(-c3nc4ccccc4s3)cs2)cc1. The van der Waals surface area contributed by atoms with Gasteiger partial charge in [-0.2, -0.15) is 0 Å². The van der Waals surface area contributed by atoms with Crippen molar-refractivity contribution in [3.05, 3.63) is 83.7 Å². The molecule has 1 amide bonds. The number of para-hydroxylation sites is 2. The molecule has 5 rings (SSSR count). The molecule has 0 radical (unpaired) electrons. The van der Waals surface area contributed by atoms with Crippen molar-refractivity contribution in [3.63, 3.8) is 0 Å². The third kappa shape index (κ3) is 4.87. The largest absolute Gasteiger partial charge is 0.497 e. The number of ether oxygens (including phenoxy) is 1. The van der Waals surface area contributed by atoms with Gasteiger partial charge >= 0.3 is 0 Å². The van der Waals surface area contributed by atoms with Crippen molar-refractivity contribution >= 4 is 59.6 Å². The number of aromatic nitrogens is 2. The van der Waals surface area contributed by atoms with E-state index in [1.165, 1.54) is 48.0 Å². The third-order valence-corrected chi connectivity index (χ3v) is 8.22. The van der Waals surface area contributed by atoms with Crippen LogP contribution in [-0.4, -0.2) is 31.4 Å². The summed E-state index contributed by atoms with van der Waals surface area (Å²) in [5, 5.41) is 5.73. The molecule has 0 spiro atoms. The van der Waals surface area contributed by atoms with Gasteiger partial charge in [-0.25, -0.2) is 18.4 Å². The van der Waals surface area contributed by atoms with Crippen LogP contribution in [0.15, 0.2) is 83.1 Å². The number of hydrogen-bond acceptors (Lipinski definition) is 8. The molecular formula is C24H18N4O4S3. The van der Waals surface area contributed by atoms with Crippen LogP contribution in [0.25, 0.3) is 20.9 Å². The van der Waals surface area contributed by atoms with Crippen molar-refractivity contribution < 1.29 is 17.9 Å². The molecule has 11 heteroatoms. The van der Waals surface area contributed by atoms with E-state index >= 15 is 0 Å². The van der Waals surface area contributed by atoms with E-state index in [0.29, 0.717) is 16.6 Å². The van der Waals surface area contributed by atoms with Crippen molar-refractivity contribution in [1.82, 2.24) is 9.97 Å². The van der Waals surface area contributed by atoms with Crippen molar-refractivity contribution in [2.24, 2.45) is 0 Å². The molecule has 5 aromatic rings. The Morgan fingerprint density at radius 2 is 1.69 bits per heavy atom. The molecule has 8 nitrogen and oxygen atoms in total. The third-order valence-electron chi connectivity index (χ3n) is 5.02. The summed E-state index contributed by atoms with van der Waals surface area (Å²) in [6, 6.07) is 20.2. The monoisotopic (exact) mass is 522 g/mol. The van der Waals surface area contributed by atoms with Crippen molar-refractivity contribution in [2.45, 2.75) is 4.90 Å². The second-order valence-electron chi connectivity index (χ2n) is 7.31. The first-order valence-corrected chi connectivity index (χ1v) is 13.5. The second-order valence-corrected chi connectivity index (χ2v) is 10.9. The Kier molecular flexibility index (Phi) is 6.20. The van der Waals surface area contributed by atoms with Gasteiger partial charge in [-0.15, -0.1) is 22.7 Å². The predicted octanol–water partition coefficient (Wildman–Crippen LogP) is 5.48. The predicted molar refractivity (Wildman–Crippen MR) is 139 cm³/mol. The highest BCUT2D eigenvalue weighted by molar-refractivity contribution is 7.92. The van der Waals surface area contributed by atoms with Crippen LogP contribution in [-0.2, 0) is 10.0 Å². The summed E-state index contributed by atoms with van der Waals surface area (Å²) in [6.07, 6.45) is 0. The quantitative estimate of drug-likeness (QED) is 0.293. The highest BCUT2D eigenvalue weighted by atomic mass is 32.2.